The lowest BCUT2D eigenvalue weighted by Gasteiger charge is -2.16. The van der Waals surface area contributed by atoms with Crippen LogP contribution in [-0.4, -0.2) is 21.6 Å². The van der Waals surface area contributed by atoms with Crippen LogP contribution in [0.1, 0.15) is 50.4 Å². The summed E-state index contributed by atoms with van der Waals surface area (Å²) in [6.07, 6.45) is 2.02. The number of aromatic carboxylic acids is 1. The van der Waals surface area contributed by atoms with Crippen LogP contribution >= 0.6 is 0 Å². The zero-order chi connectivity index (χ0) is 22.0. The molecule has 3 aromatic carbocycles. The van der Waals surface area contributed by atoms with Crippen molar-refractivity contribution < 1.29 is 14.7 Å². The van der Waals surface area contributed by atoms with Crippen LogP contribution in [0.5, 0.6) is 0 Å². The molecule has 0 aliphatic carbocycles. The number of aryl methyl sites for hydroxylation is 1. The first-order valence-corrected chi connectivity index (χ1v) is 10.2. The third-order valence-corrected chi connectivity index (χ3v) is 5.64. The monoisotopic (exact) mass is 412 g/mol. The van der Waals surface area contributed by atoms with E-state index in [1.807, 2.05) is 49.5 Å². The van der Waals surface area contributed by atoms with E-state index in [0.717, 1.165) is 16.5 Å². The van der Waals surface area contributed by atoms with Gasteiger partial charge in [0.25, 0.3) is 5.91 Å². The molecule has 0 aliphatic rings. The number of rotatable bonds is 6. The molecule has 4 aromatic rings. The molecule has 1 amide bonds. The zero-order valence-electron chi connectivity index (χ0n) is 17.5. The van der Waals surface area contributed by atoms with Gasteiger partial charge in [-0.3, -0.25) is 4.79 Å². The van der Waals surface area contributed by atoms with Crippen molar-refractivity contribution >= 4 is 22.8 Å². The number of para-hydroxylation sites is 1. The van der Waals surface area contributed by atoms with Crippen molar-refractivity contribution in [2.45, 2.75) is 26.4 Å². The van der Waals surface area contributed by atoms with E-state index in [0.29, 0.717) is 12.1 Å². The molecule has 0 saturated carbocycles. The van der Waals surface area contributed by atoms with Gasteiger partial charge < -0.3 is 15.0 Å². The highest BCUT2D eigenvalue weighted by molar-refractivity contribution is 6.06. The van der Waals surface area contributed by atoms with E-state index in [1.165, 1.54) is 11.1 Å². The van der Waals surface area contributed by atoms with E-state index in [2.05, 4.69) is 28.9 Å². The first kappa shape index (κ1) is 20.4. The van der Waals surface area contributed by atoms with Gasteiger partial charge in [0.15, 0.2) is 0 Å². The molecule has 0 bridgehead atoms. The van der Waals surface area contributed by atoms with Crippen molar-refractivity contribution in [3.8, 4) is 0 Å². The number of amides is 1. The first-order valence-electron chi connectivity index (χ1n) is 10.2. The average molecular weight is 412 g/mol. The van der Waals surface area contributed by atoms with Gasteiger partial charge in [-0.05, 0) is 54.8 Å². The number of hydrogen-bond donors (Lipinski definition) is 2. The van der Waals surface area contributed by atoms with Crippen LogP contribution in [0.3, 0.4) is 0 Å². The Morgan fingerprint density at radius 3 is 2.42 bits per heavy atom. The molecule has 2 N–H and O–H groups in total. The highest BCUT2D eigenvalue weighted by Gasteiger charge is 2.17. The molecule has 1 aromatic heterocycles. The number of aromatic nitrogens is 1. The highest BCUT2D eigenvalue weighted by atomic mass is 16.4. The molecular formula is C26H24N2O3. The van der Waals surface area contributed by atoms with Gasteiger partial charge in [-0.15, -0.1) is 0 Å². The lowest BCUT2D eigenvalue weighted by molar-refractivity contribution is 0.0696. The molecule has 1 atom stereocenters. The van der Waals surface area contributed by atoms with E-state index in [4.69, 9.17) is 5.11 Å². The van der Waals surface area contributed by atoms with Gasteiger partial charge in [-0.25, -0.2) is 4.79 Å². The van der Waals surface area contributed by atoms with Crippen molar-refractivity contribution in [1.29, 1.82) is 0 Å². The predicted octanol–water partition coefficient (Wildman–Crippen LogP) is 5.19. The van der Waals surface area contributed by atoms with Gasteiger partial charge in [0.05, 0.1) is 22.7 Å². The number of carboxylic acids is 1. The second-order valence-electron chi connectivity index (χ2n) is 7.74. The summed E-state index contributed by atoms with van der Waals surface area (Å²) in [5.41, 5.74) is 5.01. The van der Waals surface area contributed by atoms with Crippen molar-refractivity contribution in [3.63, 3.8) is 0 Å². The maximum atomic E-state index is 13.2. The molecule has 0 fully saturated rings. The summed E-state index contributed by atoms with van der Waals surface area (Å²) < 4.78 is 2.11. The van der Waals surface area contributed by atoms with E-state index < -0.39 is 5.97 Å². The summed E-state index contributed by atoms with van der Waals surface area (Å²) in [7, 11) is 0. The molecule has 0 saturated heterocycles. The summed E-state index contributed by atoms with van der Waals surface area (Å²) in [5.74, 6) is -1.13. The van der Waals surface area contributed by atoms with E-state index in [1.54, 1.807) is 24.3 Å². The SMILES string of the molecule is Cc1ccccc1Cn1ccc2cccc(C(=O)N[C@@H](C)c3ccc(C(=O)O)cc3)c21. The topological polar surface area (TPSA) is 71.3 Å². The Kier molecular flexibility index (Phi) is 5.58. The summed E-state index contributed by atoms with van der Waals surface area (Å²) in [5, 5.41) is 13.1. The second-order valence-corrected chi connectivity index (χ2v) is 7.74. The third kappa shape index (κ3) is 4.21. The number of nitrogens with zero attached hydrogens (tertiary/aromatic N) is 1. The molecule has 0 aliphatic heterocycles. The number of carbonyl (C=O) groups is 2. The molecule has 156 valence electrons. The van der Waals surface area contributed by atoms with Crippen LogP contribution in [0.4, 0.5) is 0 Å². The van der Waals surface area contributed by atoms with Crippen molar-refractivity contribution in [3.05, 3.63) is 107 Å². The smallest absolute Gasteiger partial charge is 0.335 e. The maximum absolute atomic E-state index is 13.2. The first-order chi connectivity index (χ1) is 14.9. The number of fused-ring (bicyclic) bond motifs is 1. The Hall–Kier alpha value is -3.86. The van der Waals surface area contributed by atoms with Gasteiger partial charge in [0.1, 0.15) is 0 Å². The number of benzene rings is 3. The number of nitrogens with one attached hydrogen (secondary N) is 1. The minimum absolute atomic E-state index is 0.162. The van der Waals surface area contributed by atoms with Gasteiger partial charge in [-0.1, -0.05) is 48.5 Å². The third-order valence-electron chi connectivity index (χ3n) is 5.64. The van der Waals surface area contributed by atoms with Crippen molar-refractivity contribution in [2.75, 3.05) is 0 Å². The van der Waals surface area contributed by atoms with Crippen LogP contribution in [0.2, 0.25) is 0 Å². The van der Waals surface area contributed by atoms with Crippen molar-refractivity contribution in [1.82, 2.24) is 9.88 Å². The molecule has 0 unspecified atom stereocenters. The molecule has 5 heteroatoms. The fourth-order valence-corrected chi connectivity index (χ4v) is 3.82. The van der Waals surface area contributed by atoms with Crippen LogP contribution in [0.15, 0.2) is 79.0 Å². The zero-order valence-corrected chi connectivity index (χ0v) is 17.5. The second kappa shape index (κ2) is 8.48. The Morgan fingerprint density at radius 1 is 0.968 bits per heavy atom. The lowest BCUT2D eigenvalue weighted by atomic mass is 10.0. The van der Waals surface area contributed by atoms with Crippen molar-refractivity contribution in [2.24, 2.45) is 0 Å². The fraction of sp³-hybridized carbons (Fsp3) is 0.154. The Balaban J connectivity index is 1.61. The van der Waals surface area contributed by atoms with Gasteiger partial charge in [-0.2, -0.15) is 0 Å². The van der Waals surface area contributed by atoms with Crippen LogP contribution in [-0.2, 0) is 6.54 Å². The molecule has 31 heavy (non-hydrogen) atoms. The minimum Gasteiger partial charge on any atom is -0.478 e. The molecule has 0 spiro atoms. The van der Waals surface area contributed by atoms with Gasteiger partial charge in [0.2, 0.25) is 0 Å². The Labute approximate surface area is 181 Å². The Bertz CT molecular complexity index is 1260. The van der Waals surface area contributed by atoms with E-state index in [9.17, 15) is 9.59 Å². The molecule has 4 rings (SSSR count). The largest absolute Gasteiger partial charge is 0.478 e. The standard InChI is InChI=1S/C26H24N2O3/c1-17-6-3-4-7-22(17)16-28-15-14-20-8-5-9-23(24(20)28)25(29)27-18(2)19-10-12-21(13-11-19)26(30)31/h3-15,18H,16H2,1-2H3,(H,27,29)(H,30,31)/t18-/m0/s1. The normalized spacial score (nSPS) is 11.9. The van der Waals surface area contributed by atoms with E-state index >= 15 is 0 Å². The number of carbonyl (C=O) groups excluding carboxylic acids is 1. The van der Waals surface area contributed by atoms with Gasteiger partial charge >= 0.3 is 5.97 Å². The van der Waals surface area contributed by atoms with E-state index in [-0.39, 0.29) is 17.5 Å². The summed E-state index contributed by atoms with van der Waals surface area (Å²) in [4.78, 5) is 24.2. The predicted molar refractivity (Wildman–Crippen MR) is 122 cm³/mol. The molecule has 5 nitrogen and oxygen atoms in total. The minimum atomic E-state index is -0.968. The quantitative estimate of drug-likeness (QED) is 0.458. The summed E-state index contributed by atoms with van der Waals surface area (Å²) >= 11 is 0. The average Bonchev–Trinajstić information content (AvgIpc) is 3.18. The Morgan fingerprint density at radius 2 is 1.71 bits per heavy atom. The summed E-state index contributed by atoms with van der Waals surface area (Å²) in [6.45, 7) is 4.67. The highest BCUT2D eigenvalue weighted by Crippen LogP contribution is 2.23. The molecule has 1 heterocycles. The number of hydrogen-bond acceptors (Lipinski definition) is 2. The number of carboxylic acid groups (broad SMARTS) is 1. The molecule has 0 radical (unpaired) electrons. The van der Waals surface area contributed by atoms with Gasteiger partial charge in [0, 0.05) is 18.1 Å². The fourth-order valence-electron chi connectivity index (χ4n) is 3.82. The van der Waals surface area contributed by atoms with Crippen LogP contribution in [0, 0.1) is 6.92 Å². The van der Waals surface area contributed by atoms with Crippen LogP contribution < -0.4 is 5.32 Å². The lowest BCUT2D eigenvalue weighted by Crippen LogP contribution is -2.27. The summed E-state index contributed by atoms with van der Waals surface area (Å²) in [6, 6.07) is 22.3. The molecular weight excluding hydrogens is 388 g/mol. The maximum Gasteiger partial charge on any atom is 0.335 e. The van der Waals surface area contributed by atoms with Crippen LogP contribution in [0.25, 0.3) is 10.9 Å².